The van der Waals surface area contributed by atoms with E-state index in [2.05, 4.69) is 91.0 Å². The standard InChI is InChI=1S/C52H35NO/c1-3-12-36(13-4-1)38-22-24-39(25-23-38)41-28-33-44(34-29-41)53(43-31-26-40(27-32-43)37-14-5-2-6-15-37)50-21-10-9-18-46(50)47-19-11-20-48-49-35-30-42-16-7-8-17-45(42)51(49)54-52(47)48/h1-35H/i9D,10D,18D,21D. The molecule has 2 nitrogen and oxygen atoms in total. The average molecular weight is 694 g/mol. The maximum Gasteiger partial charge on any atom is 0.143 e. The van der Waals surface area contributed by atoms with Crippen LogP contribution in [0.2, 0.25) is 0 Å². The molecule has 0 unspecified atom stereocenters. The van der Waals surface area contributed by atoms with Crippen molar-refractivity contribution in [2.75, 3.05) is 4.90 Å². The van der Waals surface area contributed by atoms with Gasteiger partial charge in [-0.25, -0.2) is 0 Å². The van der Waals surface area contributed by atoms with Crippen LogP contribution in [0.4, 0.5) is 17.1 Å². The minimum Gasteiger partial charge on any atom is -0.455 e. The van der Waals surface area contributed by atoms with Crippen LogP contribution >= 0.6 is 0 Å². The molecule has 0 saturated carbocycles. The second-order valence-electron chi connectivity index (χ2n) is 13.4. The lowest BCUT2D eigenvalue weighted by atomic mass is 9.98. The highest BCUT2D eigenvalue weighted by atomic mass is 16.3. The zero-order valence-corrected chi connectivity index (χ0v) is 29.3. The summed E-state index contributed by atoms with van der Waals surface area (Å²) in [4.78, 5) is 1.95. The Hall–Kier alpha value is -7.16. The molecule has 2 heteroatoms. The highest BCUT2D eigenvalue weighted by molar-refractivity contribution is 6.17. The Morgan fingerprint density at radius 2 is 0.833 bits per heavy atom. The highest BCUT2D eigenvalue weighted by Gasteiger charge is 2.21. The smallest absolute Gasteiger partial charge is 0.143 e. The molecule has 9 aromatic carbocycles. The molecule has 0 atom stereocenters. The molecule has 1 aromatic heterocycles. The van der Waals surface area contributed by atoms with Crippen LogP contribution < -0.4 is 4.90 Å². The molecular weight excluding hydrogens is 655 g/mol. The Balaban J connectivity index is 1.17. The molecule has 0 bridgehead atoms. The first-order chi connectivity index (χ1) is 28.4. The SMILES string of the molecule is [2H]c1c([2H])c([2H])c(N(c2ccc(-c3ccccc3)cc2)c2ccc(-c3ccc(-c4ccccc4)cc3)cc2)c(-c2cccc3c2oc2c4ccccc4ccc32)c1[2H]. The van der Waals surface area contributed by atoms with Gasteiger partial charge in [0.1, 0.15) is 11.2 Å². The van der Waals surface area contributed by atoms with Crippen LogP contribution in [-0.2, 0) is 0 Å². The van der Waals surface area contributed by atoms with E-state index in [9.17, 15) is 2.74 Å². The predicted octanol–water partition coefficient (Wildman–Crippen LogP) is 14.9. The number of hydrogen-bond acceptors (Lipinski definition) is 2. The van der Waals surface area contributed by atoms with Gasteiger partial charge in [-0.05, 0) is 75.1 Å². The van der Waals surface area contributed by atoms with Crippen molar-refractivity contribution in [1.82, 2.24) is 0 Å². The van der Waals surface area contributed by atoms with Gasteiger partial charge in [-0.3, -0.25) is 0 Å². The Labute approximate surface area is 320 Å². The van der Waals surface area contributed by atoms with E-state index < -0.39 is 0 Å². The summed E-state index contributed by atoms with van der Waals surface area (Å²) in [5.41, 5.74) is 10.6. The first-order valence-electron chi connectivity index (χ1n) is 20.1. The molecule has 0 amide bonds. The lowest BCUT2D eigenvalue weighted by Crippen LogP contribution is -2.11. The minimum absolute atomic E-state index is 0.144. The van der Waals surface area contributed by atoms with Crippen LogP contribution in [0, 0.1) is 0 Å². The van der Waals surface area contributed by atoms with E-state index in [1.54, 1.807) is 0 Å². The van der Waals surface area contributed by atoms with Crippen molar-refractivity contribution in [2.45, 2.75) is 0 Å². The number of fused-ring (bicyclic) bond motifs is 5. The highest BCUT2D eigenvalue weighted by Crippen LogP contribution is 2.45. The average Bonchev–Trinajstić information content (AvgIpc) is 3.69. The monoisotopic (exact) mass is 693 g/mol. The maximum absolute atomic E-state index is 9.56. The molecule has 0 fully saturated rings. The van der Waals surface area contributed by atoms with Crippen LogP contribution in [0.3, 0.4) is 0 Å². The topological polar surface area (TPSA) is 16.4 Å². The van der Waals surface area contributed by atoms with E-state index in [-0.39, 0.29) is 24.2 Å². The van der Waals surface area contributed by atoms with E-state index in [1.165, 1.54) is 0 Å². The van der Waals surface area contributed by atoms with E-state index >= 15 is 0 Å². The molecule has 0 aliphatic rings. The van der Waals surface area contributed by atoms with Gasteiger partial charge in [-0.2, -0.15) is 0 Å². The lowest BCUT2D eigenvalue weighted by molar-refractivity contribution is 0.674. The first kappa shape index (κ1) is 27.5. The molecule has 0 radical (unpaired) electrons. The third-order valence-electron chi connectivity index (χ3n) is 10.2. The van der Waals surface area contributed by atoms with Crippen molar-refractivity contribution in [3.63, 3.8) is 0 Å². The van der Waals surface area contributed by atoms with Crippen molar-refractivity contribution < 1.29 is 9.90 Å². The summed E-state index contributed by atoms with van der Waals surface area (Å²) in [6.45, 7) is 0. The zero-order chi connectivity index (χ0) is 39.3. The van der Waals surface area contributed by atoms with Crippen LogP contribution in [0.1, 0.15) is 5.48 Å². The fourth-order valence-electron chi connectivity index (χ4n) is 7.52. The Morgan fingerprint density at radius 1 is 0.352 bits per heavy atom. The third-order valence-corrected chi connectivity index (χ3v) is 10.2. The number of para-hydroxylation sites is 2. The summed E-state index contributed by atoms with van der Waals surface area (Å²) in [5, 5.41) is 3.85. The Morgan fingerprint density at radius 3 is 1.44 bits per heavy atom. The quantitative estimate of drug-likeness (QED) is 0.165. The molecule has 0 spiro atoms. The van der Waals surface area contributed by atoms with Crippen molar-refractivity contribution in [1.29, 1.82) is 0 Å². The van der Waals surface area contributed by atoms with Gasteiger partial charge in [0.2, 0.25) is 0 Å². The van der Waals surface area contributed by atoms with Gasteiger partial charge in [-0.15, -0.1) is 0 Å². The number of benzene rings is 9. The van der Waals surface area contributed by atoms with Gasteiger partial charge >= 0.3 is 0 Å². The van der Waals surface area contributed by atoms with E-state index in [0.717, 1.165) is 71.9 Å². The van der Waals surface area contributed by atoms with Gasteiger partial charge in [0, 0.05) is 38.7 Å². The summed E-state index contributed by atoms with van der Waals surface area (Å²) in [6, 6.07) is 62.5. The number of anilines is 3. The third kappa shape index (κ3) is 5.62. The predicted molar refractivity (Wildman–Crippen MR) is 228 cm³/mol. The second kappa shape index (κ2) is 13.4. The summed E-state index contributed by atoms with van der Waals surface area (Å²) >= 11 is 0. The Bertz CT molecular complexity index is 3120. The summed E-state index contributed by atoms with van der Waals surface area (Å²) < 4.78 is 43.7. The summed E-state index contributed by atoms with van der Waals surface area (Å²) in [5.74, 6) is 0. The fourth-order valence-corrected chi connectivity index (χ4v) is 7.52. The molecule has 254 valence electrons. The van der Waals surface area contributed by atoms with E-state index in [4.69, 9.17) is 7.16 Å². The molecule has 1 heterocycles. The van der Waals surface area contributed by atoms with Gasteiger partial charge < -0.3 is 9.32 Å². The lowest BCUT2D eigenvalue weighted by Gasteiger charge is -2.28. The maximum atomic E-state index is 9.56. The van der Waals surface area contributed by atoms with Crippen LogP contribution in [0.15, 0.2) is 217 Å². The van der Waals surface area contributed by atoms with Crippen LogP contribution in [0.25, 0.3) is 77.2 Å². The molecule has 10 rings (SSSR count). The summed E-state index contributed by atoms with van der Waals surface area (Å²) in [6.07, 6.45) is 0. The molecule has 0 aliphatic carbocycles. The van der Waals surface area contributed by atoms with Crippen molar-refractivity contribution in [2.24, 2.45) is 0 Å². The minimum atomic E-state index is -0.312. The second-order valence-corrected chi connectivity index (χ2v) is 13.4. The van der Waals surface area contributed by atoms with Gasteiger partial charge in [0.25, 0.3) is 0 Å². The van der Waals surface area contributed by atoms with Gasteiger partial charge in [0.05, 0.1) is 11.2 Å². The number of hydrogen-bond donors (Lipinski definition) is 0. The number of furan rings is 1. The van der Waals surface area contributed by atoms with Crippen molar-refractivity contribution in [3.8, 4) is 44.5 Å². The van der Waals surface area contributed by atoms with E-state index in [1.807, 2.05) is 102 Å². The zero-order valence-electron chi connectivity index (χ0n) is 33.3. The Kier molecular flexibility index (Phi) is 6.84. The largest absolute Gasteiger partial charge is 0.455 e. The molecule has 0 aliphatic heterocycles. The van der Waals surface area contributed by atoms with Crippen LogP contribution in [0.5, 0.6) is 0 Å². The normalized spacial score (nSPS) is 12.4. The van der Waals surface area contributed by atoms with Crippen LogP contribution in [-0.4, -0.2) is 0 Å². The molecule has 54 heavy (non-hydrogen) atoms. The molecule has 0 N–H and O–H groups in total. The van der Waals surface area contributed by atoms with Crippen molar-refractivity contribution >= 4 is 49.8 Å². The molecular formula is C52H35NO. The van der Waals surface area contributed by atoms with Gasteiger partial charge in [0.15, 0.2) is 0 Å². The first-order valence-corrected chi connectivity index (χ1v) is 18.1. The molecule has 0 saturated heterocycles. The number of nitrogens with zero attached hydrogens (tertiary/aromatic N) is 1. The van der Waals surface area contributed by atoms with Crippen molar-refractivity contribution in [3.05, 3.63) is 212 Å². The number of rotatable bonds is 7. The summed E-state index contributed by atoms with van der Waals surface area (Å²) in [7, 11) is 0. The van der Waals surface area contributed by atoms with Gasteiger partial charge in [-0.1, -0.05) is 176 Å². The molecule has 10 aromatic rings. The fraction of sp³-hybridized carbons (Fsp3) is 0. The van der Waals surface area contributed by atoms with E-state index in [0.29, 0.717) is 22.4 Å².